The summed E-state index contributed by atoms with van der Waals surface area (Å²) < 4.78 is 6.99. The molecule has 1 amide bonds. The van der Waals surface area contributed by atoms with Gasteiger partial charge < -0.3 is 20.5 Å². The number of hydrogen-bond acceptors (Lipinski definition) is 5. The molecule has 0 spiro atoms. The van der Waals surface area contributed by atoms with Gasteiger partial charge >= 0.3 is 5.97 Å². The van der Waals surface area contributed by atoms with Gasteiger partial charge in [0.1, 0.15) is 6.61 Å². The first kappa shape index (κ1) is 15.5. The molecule has 1 aliphatic rings. The summed E-state index contributed by atoms with van der Waals surface area (Å²) in [5.41, 5.74) is 0.431. The Kier molecular flexibility index (Phi) is 5.29. The lowest BCUT2D eigenvalue weighted by atomic mass is 10.1. The van der Waals surface area contributed by atoms with Crippen LogP contribution in [0.1, 0.15) is 24.4 Å². The second-order valence-electron chi connectivity index (χ2n) is 5.05. The van der Waals surface area contributed by atoms with Crippen LogP contribution in [0.3, 0.4) is 0 Å². The molecule has 1 saturated heterocycles. The van der Waals surface area contributed by atoms with Gasteiger partial charge in [0.25, 0.3) is 0 Å². The topological polar surface area (TPSA) is 105 Å². The van der Waals surface area contributed by atoms with E-state index in [9.17, 15) is 14.7 Å². The molecule has 8 nitrogen and oxygen atoms in total. The van der Waals surface area contributed by atoms with E-state index in [1.165, 1.54) is 10.9 Å². The van der Waals surface area contributed by atoms with Crippen molar-refractivity contribution in [3.63, 3.8) is 0 Å². The van der Waals surface area contributed by atoms with Crippen molar-refractivity contribution in [2.24, 2.45) is 7.05 Å². The smallest absolute Gasteiger partial charge is 0.331 e. The second-order valence-corrected chi connectivity index (χ2v) is 5.05. The molecule has 1 atom stereocenters. The van der Waals surface area contributed by atoms with Crippen molar-refractivity contribution >= 4 is 11.9 Å². The number of carboxylic acid groups (broad SMARTS) is 1. The fraction of sp³-hybridized carbons (Fsp3) is 0.615. The molecule has 2 heterocycles. The fourth-order valence-electron chi connectivity index (χ4n) is 2.24. The Labute approximate surface area is 122 Å². The van der Waals surface area contributed by atoms with Gasteiger partial charge in [-0.05, 0) is 25.9 Å². The highest BCUT2D eigenvalue weighted by molar-refractivity contribution is 5.85. The minimum absolute atomic E-state index is 0.0543. The Morgan fingerprint density at radius 1 is 1.57 bits per heavy atom. The molecule has 0 radical (unpaired) electrons. The van der Waals surface area contributed by atoms with Crippen molar-refractivity contribution in [2.45, 2.75) is 25.0 Å². The molecule has 21 heavy (non-hydrogen) atoms. The molecular weight excluding hydrogens is 276 g/mol. The zero-order valence-corrected chi connectivity index (χ0v) is 11.9. The zero-order chi connectivity index (χ0) is 15.2. The molecule has 1 aromatic heterocycles. The summed E-state index contributed by atoms with van der Waals surface area (Å²) in [4.78, 5) is 23.1. The quantitative estimate of drug-likeness (QED) is 0.649. The SMILES string of the molecule is Cn1cc(C(NC(=O)COC2CCNCC2)C(=O)O)cn1. The Morgan fingerprint density at radius 2 is 2.29 bits per heavy atom. The van der Waals surface area contributed by atoms with Gasteiger partial charge in [-0.3, -0.25) is 9.48 Å². The van der Waals surface area contributed by atoms with Crippen LogP contribution in [0.15, 0.2) is 12.4 Å². The third kappa shape index (κ3) is 4.54. The first-order chi connectivity index (χ1) is 10.1. The van der Waals surface area contributed by atoms with Crippen LogP contribution in [-0.4, -0.2) is 52.6 Å². The van der Waals surface area contributed by atoms with Crippen LogP contribution in [0.4, 0.5) is 0 Å². The van der Waals surface area contributed by atoms with E-state index in [1.54, 1.807) is 13.2 Å². The van der Waals surface area contributed by atoms with Crippen LogP contribution < -0.4 is 10.6 Å². The molecule has 1 fully saturated rings. The highest BCUT2D eigenvalue weighted by atomic mass is 16.5. The van der Waals surface area contributed by atoms with Crippen molar-refractivity contribution in [3.05, 3.63) is 18.0 Å². The predicted molar refractivity (Wildman–Crippen MR) is 73.6 cm³/mol. The van der Waals surface area contributed by atoms with Crippen molar-refractivity contribution in [1.82, 2.24) is 20.4 Å². The molecule has 2 rings (SSSR count). The lowest BCUT2D eigenvalue weighted by molar-refractivity contribution is -0.143. The molecule has 1 aliphatic heterocycles. The number of rotatable bonds is 6. The van der Waals surface area contributed by atoms with Crippen molar-refractivity contribution < 1.29 is 19.4 Å². The van der Waals surface area contributed by atoms with Gasteiger partial charge in [0.2, 0.25) is 5.91 Å². The van der Waals surface area contributed by atoms with Crippen LogP contribution >= 0.6 is 0 Å². The van der Waals surface area contributed by atoms with Crippen LogP contribution in [-0.2, 0) is 21.4 Å². The van der Waals surface area contributed by atoms with Gasteiger partial charge in [-0.1, -0.05) is 0 Å². The first-order valence-electron chi connectivity index (χ1n) is 6.89. The highest BCUT2D eigenvalue weighted by Crippen LogP contribution is 2.12. The summed E-state index contributed by atoms with van der Waals surface area (Å²) in [5.74, 6) is -1.57. The van der Waals surface area contributed by atoms with Gasteiger partial charge in [-0.2, -0.15) is 5.10 Å². The number of carbonyl (C=O) groups excluding carboxylic acids is 1. The Hall–Kier alpha value is -1.93. The minimum atomic E-state index is -1.13. The maximum atomic E-state index is 11.8. The molecule has 1 aromatic rings. The highest BCUT2D eigenvalue weighted by Gasteiger charge is 2.24. The molecule has 0 saturated carbocycles. The number of aromatic nitrogens is 2. The minimum Gasteiger partial charge on any atom is -0.479 e. The number of piperidine rings is 1. The van der Waals surface area contributed by atoms with Crippen LogP contribution in [0.2, 0.25) is 0 Å². The standard InChI is InChI=1S/C13H20N4O4/c1-17-7-9(6-15-17)12(13(19)20)16-11(18)8-21-10-2-4-14-5-3-10/h6-7,10,12,14H,2-5,8H2,1H3,(H,16,18)(H,19,20). The van der Waals surface area contributed by atoms with E-state index in [2.05, 4.69) is 15.7 Å². The number of nitrogens with one attached hydrogen (secondary N) is 2. The number of carboxylic acids is 1. The van der Waals surface area contributed by atoms with Crippen molar-refractivity contribution in [1.29, 1.82) is 0 Å². The number of ether oxygens (including phenoxy) is 1. The molecule has 116 valence electrons. The maximum absolute atomic E-state index is 11.8. The lowest BCUT2D eigenvalue weighted by Gasteiger charge is -2.23. The van der Waals surface area contributed by atoms with E-state index < -0.39 is 17.9 Å². The molecule has 8 heteroatoms. The van der Waals surface area contributed by atoms with E-state index in [1.807, 2.05) is 0 Å². The van der Waals surface area contributed by atoms with Crippen LogP contribution in [0.5, 0.6) is 0 Å². The Balaban J connectivity index is 1.85. The monoisotopic (exact) mass is 296 g/mol. The van der Waals surface area contributed by atoms with E-state index in [4.69, 9.17) is 4.74 Å². The van der Waals surface area contributed by atoms with Gasteiger partial charge in [-0.25, -0.2) is 4.79 Å². The first-order valence-corrected chi connectivity index (χ1v) is 6.89. The predicted octanol–water partition coefficient (Wildman–Crippen LogP) is -0.569. The average Bonchev–Trinajstić information content (AvgIpc) is 2.89. The summed E-state index contributed by atoms with van der Waals surface area (Å²) >= 11 is 0. The van der Waals surface area contributed by atoms with Crippen LogP contribution in [0.25, 0.3) is 0 Å². The largest absolute Gasteiger partial charge is 0.479 e. The number of amides is 1. The van der Waals surface area contributed by atoms with Crippen molar-refractivity contribution in [2.75, 3.05) is 19.7 Å². The second kappa shape index (κ2) is 7.19. The summed E-state index contributed by atoms with van der Waals surface area (Å²) in [7, 11) is 1.68. The maximum Gasteiger partial charge on any atom is 0.331 e. The Morgan fingerprint density at radius 3 is 2.86 bits per heavy atom. The lowest BCUT2D eigenvalue weighted by Crippen LogP contribution is -2.38. The molecule has 0 bridgehead atoms. The number of carbonyl (C=O) groups is 2. The molecule has 1 unspecified atom stereocenters. The van der Waals surface area contributed by atoms with Crippen molar-refractivity contribution in [3.8, 4) is 0 Å². The molecular formula is C13H20N4O4. The number of nitrogens with zero attached hydrogens (tertiary/aromatic N) is 2. The molecule has 0 aliphatic carbocycles. The number of aliphatic carboxylic acids is 1. The van der Waals surface area contributed by atoms with Gasteiger partial charge in [-0.15, -0.1) is 0 Å². The summed E-state index contributed by atoms with van der Waals surface area (Å²) in [5, 5.41) is 18.8. The van der Waals surface area contributed by atoms with E-state index >= 15 is 0 Å². The van der Waals surface area contributed by atoms with E-state index in [0.29, 0.717) is 5.56 Å². The summed E-state index contributed by atoms with van der Waals surface area (Å²) in [6.07, 6.45) is 4.76. The van der Waals surface area contributed by atoms with E-state index in [0.717, 1.165) is 25.9 Å². The van der Waals surface area contributed by atoms with Crippen LogP contribution in [0, 0.1) is 0 Å². The third-order valence-corrected chi connectivity index (χ3v) is 3.35. The number of hydrogen-bond donors (Lipinski definition) is 3. The normalized spacial score (nSPS) is 17.4. The molecule has 3 N–H and O–H groups in total. The average molecular weight is 296 g/mol. The number of aryl methyl sites for hydroxylation is 1. The van der Waals surface area contributed by atoms with Gasteiger partial charge in [0.15, 0.2) is 6.04 Å². The summed E-state index contributed by atoms with van der Waals surface area (Å²) in [6, 6.07) is -1.11. The molecule has 0 aromatic carbocycles. The fourth-order valence-corrected chi connectivity index (χ4v) is 2.24. The third-order valence-electron chi connectivity index (χ3n) is 3.35. The van der Waals surface area contributed by atoms with Gasteiger partial charge in [0.05, 0.1) is 12.3 Å². The summed E-state index contributed by atoms with van der Waals surface area (Å²) in [6.45, 7) is 1.62. The zero-order valence-electron chi connectivity index (χ0n) is 11.9. The van der Waals surface area contributed by atoms with E-state index in [-0.39, 0.29) is 12.7 Å². The van der Waals surface area contributed by atoms with Gasteiger partial charge in [0, 0.05) is 18.8 Å². The Bertz CT molecular complexity index is 496.